The number of aliphatic hydroxyl groups is 8. The van der Waals surface area contributed by atoms with Crippen molar-refractivity contribution in [1.29, 1.82) is 0 Å². The van der Waals surface area contributed by atoms with E-state index in [1.54, 1.807) is 0 Å². The smallest absolute Gasteiger partial charge is 0.273 e. The molecule has 580 valence electrons. The first-order valence-electron chi connectivity index (χ1n) is 32.0. The van der Waals surface area contributed by atoms with E-state index in [1.165, 1.54) is 111 Å². The van der Waals surface area contributed by atoms with Crippen LogP contribution in [-0.2, 0) is 89.1 Å². The van der Waals surface area contributed by atoms with Crippen molar-refractivity contribution in [3.8, 4) is 0 Å². The van der Waals surface area contributed by atoms with Crippen LogP contribution in [0.15, 0.2) is 0 Å². The van der Waals surface area contributed by atoms with Gasteiger partial charge >= 0.3 is 0 Å². The molecular weight excluding hydrogens is 1650 g/mol. The Kier molecular flexibility index (Phi) is 25.8. The minimum absolute atomic E-state index is 0.454. The summed E-state index contributed by atoms with van der Waals surface area (Å²) in [5, 5.41) is 80.8. The molecule has 14 N–H and O–H groups in total. The highest BCUT2D eigenvalue weighted by Crippen LogP contribution is 2.58. The third kappa shape index (κ3) is 16.5. The molecule has 30 unspecified atom stereocenters. The van der Waals surface area contributed by atoms with Crippen molar-refractivity contribution in [2.75, 3.05) is 0 Å². The second-order valence-corrected chi connectivity index (χ2v) is 40.7. The Hall–Kier alpha value is 0.360. The van der Waals surface area contributed by atoms with Crippen LogP contribution in [0, 0.1) is 28.6 Å². The molecule has 6 rings (SSSR count). The Balaban J connectivity index is 0.00000859. The van der Waals surface area contributed by atoms with E-state index < -0.39 is 296 Å². The lowest BCUT2D eigenvalue weighted by atomic mass is 9.63. The van der Waals surface area contributed by atoms with E-state index in [9.17, 15) is 119 Å². The minimum Gasteiger partial charge on any atom is -0.391 e. The molecule has 6 saturated heterocycles. The molecule has 0 spiro atoms. The first-order valence-corrected chi connectivity index (χ1v) is 47.3. The average Bonchev–Trinajstić information content (AvgIpc) is 0.730. The highest BCUT2D eigenvalue weighted by Gasteiger charge is 2.70. The maximum atomic E-state index is 14.0. The fraction of sp³-hybridized carbons (Fsp3) is 1.00. The first kappa shape index (κ1) is 89.0. The summed E-state index contributed by atoms with van der Waals surface area (Å²) in [6, 6.07) is 0. The summed E-state index contributed by atoms with van der Waals surface area (Å²) in [6.45, 7) is 22.5. The molecule has 6 aliphatic heterocycles. The van der Waals surface area contributed by atoms with Crippen molar-refractivity contribution in [3.63, 3.8) is 0 Å². The molecule has 0 aromatic rings. The van der Waals surface area contributed by atoms with Gasteiger partial charge in [-0.15, -0.1) is 0 Å². The van der Waals surface area contributed by atoms with E-state index in [1.807, 2.05) is 0 Å². The predicted molar refractivity (Wildman–Crippen MR) is 369 cm³/mol. The predicted octanol–water partition coefficient (Wildman–Crippen LogP) is 3.16. The molecular formula is C58H106I2O32S6. The largest absolute Gasteiger partial charge is 0.391 e. The molecule has 0 saturated carbocycles. The Morgan fingerprint density at radius 3 is 0.745 bits per heavy atom. The van der Waals surface area contributed by atoms with Crippen molar-refractivity contribution in [1.82, 2.24) is 0 Å². The standard InChI is InChI=1S/C58H106O32S6.I2/c1-29-47(7,25-28-53(13)42(92(70,71)72)36(55(15,63)32(4)88-53)20-23-51(11)46(96(82,83)84)40(61)57(17,65)34(6)89-51)38(59)44(94(76,77)78)49(9,85-29)22-19-35-41(91(67,68)69)52(12,87-31(3)54(35,14)62)27-26-48(8)30(2)86-50(10,45(39(48)60)95(79,80)81)24-21-37-43(93(73,74)75)58(18,66)90-33(5)56(37,16)64;1-2/h29-46,59-66H,19-28H2,1-18H3,(H,67,68,69)(H,70,71,72)(H,73,74,75)(H,76,77,78)(H,79,80,81)(H,82,83,84);. The second kappa shape index (κ2) is 28.4. The van der Waals surface area contributed by atoms with Crippen LogP contribution in [0.25, 0.3) is 0 Å². The molecule has 0 aromatic carbocycles. The molecule has 6 aliphatic rings. The number of ether oxygens (including phenoxy) is 6. The Morgan fingerprint density at radius 1 is 0.286 bits per heavy atom. The molecule has 6 heterocycles. The van der Waals surface area contributed by atoms with Gasteiger partial charge in [0.15, 0.2) is 5.79 Å². The van der Waals surface area contributed by atoms with E-state index in [0.29, 0.717) is 0 Å². The lowest BCUT2D eigenvalue weighted by Gasteiger charge is -2.58. The number of hydrogen-bond acceptors (Lipinski definition) is 26. The maximum absolute atomic E-state index is 14.0. The van der Waals surface area contributed by atoms with Gasteiger partial charge in [0.05, 0.1) is 93.6 Å². The van der Waals surface area contributed by atoms with Gasteiger partial charge in [0.25, 0.3) is 60.7 Å². The summed E-state index contributed by atoms with van der Waals surface area (Å²) in [4.78, 5) is 0. The SMILES string of the molecule is CC1OC(C)(CCC2C(S(=O)(=O)O)C(C)(CCC3(C)C(C)OC(C)(CCC4C(S(=O)(=O)O)C(C)(CCC5(C)C(C)OC(C)(CCC6C(S(=O)(=O)O)C(C)(O)OC(C)C6(C)O)C(S(=O)(=O)O)C5O)OC(C)C4(C)O)C(S(=O)(=O)O)C3O)OC(C)C2(C)O)C(S(=O)(=O)O)C(O)C1(C)O.II. The zero-order chi connectivity index (χ0) is 76.7. The molecule has 0 amide bonds. The summed E-state index contributed by atoms with van der Waals surface area (Å²) < 4.78 is 264. The number of halogens is 2. The van der Waals surface area contributed by atoms with Crippen molar-refractivity contribution in [2.45, 2.75) is 331 Å². The lowest BCUT2D eigenvalue weighted by Crippen LogP contribution is -2.71. The highest BCUT2D eigenvalue weighted by molar-refractivity contribution is 15.0. The Labute approximate surface area is 600 Å². The zero-order valence-corrected chi connectivity index (χ0v) is 67.5. The van der Waals surface area contributed by atoms with Gasteiger partial charge < -0.3 is 69.3 Å². The van der Waals surface area contributed by atoms with Crippen LogP contribution >= 0.6 is 37.2 Å². The average molecular weight is 1760 g/mol. The van der Waals surface area contributed by atoms with Crippen molar-refractivity contribution < 1.29 is 147 Å². The normalized spacial score (nSPS) is 50.3. The molecule has 32 nitrogen and oxygen atoms in total. The van der Waals surface area contributed by atoms with Crippen LogP contribution in [0.1, 0.15) is 189 Å². The van der Waals surface area contributed by atoms with Gasteiger partial charge in [0.2, 0.25) is 0 Å². The topological polar surface area (TPSA) is 543 Å². The van der Waals surface area contributed by atoms with Crippen LogP contribution in [0.4, 0.5) is 0 Å². The van der Waals surface area contributed by atoms with Crippen LogP contribution in [-0.4, -0.2) is 261 Å². The molecule has 0 bridgehead atoms. The monoisotopic (exact) mass is 1760 g/mol. The zero-order valence-electron chi connectivity index (χ0n) is 58.3. The quantitative estimate of drug-likeness (QED) is 0.0580. The minimum atomic E-state index is -5.50. The summed E-state index contributed by atoms with van der Waals surface area (Å²) in [7, 11) is -32.2. The third-order valence-corrected chi connectivity index (χ3v) is 33.1. The van der Waals surface area contributed by atoms with Gasteiger partial charge in [-0.2, -0.15) is 50.5 Å². The molecule has 40 heteroatoms. The summed E-state index contributed by atoms with van der Waals surface area (Å²) >= 11 is 4.24. The molecule has 98 heavy (non-hydrogen) atoms. The molecule has 0 aliphatic carbocycles. The van der Waals surface area contributed by atoms with Crippen LogP contribution in [0.3, 0.4) is 0 Å². The van der Waals surface area contributed by atoms with E-state index in [2.05, 4.69) is 37.2 Å². The third-order valence-electron chi connectivity index (χ3n) is 24.6. The van der Waals surface area contributed by atoms with Crippen LogP contribution < -0.4 is 0 Å². The molecule has 30 atom stereocenters. The van der Waals surface area contributed by atoms with Crippen molar-refractivity contribution >= 4 is 97.9 Å². The second-order valence-electron chi connectivity index (χ2n) is 31.5. The molecule has 0 radical (unpaired) electrons. The van der Waals surface area contributed by atoms with Crippen molar-refractivity contribution in [3.05, 3.63) is 0 Å². The number of hydrogen-bond donors (Lipinski definition) is 14. The van der Waals surface area contributed by atoms with Crippen molar-refractivity contribution in [2.24, 2.45) is 28.6 Å². The van der Waals surface area contributed by atoms with Gasteiger partial charge in [-0.3, -0.25) is 27.3 Å². The Morgan fingerprint density at radius 2 is 0.490 bits per heavy atom. The fourth-order valence-corrected chi connectivity index (χ4v) is 26.6. The van der Waals surface area contributed by atoms with Crippen LogP contribution in [0.2, 0.25) is 0 Å². The number of aliphatic hydroxyl groups excluding tert-OH is 3. The van der Waals surface area contributed by atoms with Gasteiger partial charge in [0.1, 0.15) is 43.2 Å². The highest BCUT2D eigenvalue weighted by atomic mass is 128. The van der Waals surface area contributed by atoms with Gasteiger partial charge in [-0.05, 0) is 175 Å². The van der Waals surface area contributed by atoms with E-state index in [0.717, 1.165) is 13.8 Å². The Bertz CT molecular complexity index is 3600. The van der Waals surface area contributed by atoms with E-state index >= 15 is 0 Å². The fourth-order valence-electron chi connectivity index (χ4n) is 17.7. The van der Waals surface area contributed by atoms with Gasteiger partial charge in [-0.25, -0.2) is 0 Å². The summed E-state index contributed by atoms with van der Waals surface area (Å²) in [5.41, 5.74) is -23.1. The lowest BCUT2D eigenvalue weighted by molar-refractivity contribution is -0.302. The van der Waals surface area contributed by atoms with E-state index in [-0.39, 0.29) is 0 Å². The van der Waals surface area contributed by atoms with Crippen LogP contribution in [0.5, 0.6) is 0 Å². The van der Waals surface area contributed by atoms with E-state index in [4.69, 9.17) is 28.4 Å². The molecule has 6 fully saturated rings. The first-order chi connectivity index (χ1) is 43.4. The van der Waals surface area contributed by atoms with Gasteiger partial charge in [-0.1, -0.05) is 13.8 Å². The number of rotatable bonds is 21. The summed E-state index contributed by atoms with van der Waals surface area (Å²) in [5.74, 6) is -7.48. The molecule has 0 aromatic heterocycles. The summed E-state index contributed by atoms with van der Waals surface area (Å²) in [6.07, 6.45) is -19.7. The maximum Gasteiger partial charge on any atom is 0.273 e. The van der Waals surface area contributed by atoms with Gasteiger partial charge in [0, 0.05) is 65.8 Å².